The third kappa shape index (κ3) is 9.53. The number of aliphatic carboxylic acids is 1. The number of nitrogens with one attached hydrogen (secondary N) is 3. The first-order valence-corrected chi connectivity index (χ1v) is 20.8. The molecule has 2 aliphatic rings. The van der Waals surface area contributed by atoms with Gasteiger partial charge in [0, 0.05) is 71.6 Å². The van der Waals surface area contributed by atoms with Crippen molar-refractivity contribution in [2.45, 2.75) is 73.1 Å². The summed E-state index contributed by atoms with van der Waals surface area (Å²) in [5, 5.41) is 12.7. The molecule has 0 aliphatic carbocycles. The van der Waals surface area contributed by atoms with Crippen molar-refractivity contribution < 1.29 is 19.4 Å². The van der Waals surface area contributed by atoms with Crippen LogP contribution in [0.3, 0.4) is 0 Å². The minimum absolute atomic E-state index is 0.0352. The fourth-order valence-corrected chi connectivity index (χ4v) is 8.05. The zero-order chi connectivity index (χ0) is 43.2. The average molecular weight is 816 g/mol. The maximum atomic E-state index is 13.2. The first kappa shape index (κ1) is 42.4. The summed E-state index contributed by atoms with van der Waals surface area (Å²) < 4.78 is 5.88. The highest BCUT2D eigenvalue weighted by Crippen LogP contribution is 2.38. The van der Waals surface area contributed by atoms with Gasteiger partial charge in [0.1, 0.15) is 0 Å². The number of aromatic amines is 2. The molecule has 61 heavy (non-hydrogen) atoms. The third-order valence-corrected chi connectivity index (χ3v) is 11.6. The number of allylic oxidation sites excluding steroid dienone is 4. The summed E-state index contributed by atoms with van der Waals surface area (Å²) in [5.74, 6) is -0.959. The van der Waals surface area contributed by atoms with E-state index in [1.54, 1.807) is 6.20 Å². The molecule has 11 nitrogen and oxygen atoms in total. The largest absolute Gasteiger partial charge is 0.481 e. The van der Waals surface area contributed by atoms with E-state index in [-0.39, 0.29) is 18.7 Å². The molecule has 0 saturated carbocycles. The maximum Gasteiger partial charge on any atom is 0.303 e. The number of fused-ring (bicyclic) bond motifs is 8. The highest BCUT2D eigenvalue weighted by molar-refractivity contribution is 5.97. The van der Waals surface area contributed by atoms with Crippen molar-refractivity contribution in [2.24, 2.45) is 0 Å². The first-order valence-electron chi connectivity index (χ1n) is 20.8. The number of hydrogen-bond acceptors (Lipinski definition) is 7. The zero-order valence-corrected chi connectivity index (χ0v) is 35.7. The number of aryl methyl sites for hydroxylation is 4. The van der Waals surface area contributed by atoms with Crippen LogP contribution < -0.4 is 5.32 Å². The SMILES string of the molecule is C=Cc1c(C)c2cc3[nH]c(cc4nc(cc5nc(cc1[nH]2)C(C)=C5CCC(=O)O)C(CCC(=O)NCCOCCCc1ccnc(-c2cc(C)ccn2)c1)=C4C)c(C)c3C=C. The zero-order valence-electron chi connectivity index (χ0n) is 35.7. The van der Waals surface area contributed by atoms with Gasteiger partial charge in [0.05, 0.1) is 40.8 Å². The number of ether oxygens (including phenoxy) is 1. The van der Waals surface area contributed by atoms with Crippen LogP contribution in [0.1, 0.15) is 102 Å². The highest BCUT2D eigenvalue weighted by atomic mass is 16.5. The molecule has 312 valence electrons. The number of carbonyl (C=O) groups is 2. The molecular weight excluding hydrogens is 763 g/mol. The van der Waals surface area contributed by atoms with Crippen LogP contribution in [0.15, 0.2) is 74.1 Å². The van der Waals surface area contributed by atoms with Gasteiger partial charge in [-0.15, -0.1) is 0 Å². The molecule has 0 spiro atoms. The van der Waals surface area contributed by atoms with Crippen molar-refractivity contribution >= 4 is 68.4 Å². The molecule has 0 fully saturated rings. The van der Waals surface area contributed by atoms with Gasteiger partial charge >= 0.3 is 5.97 Å². The van der Waals surface area contributed by atoms with Crippen molar-refractivity contribution in [2.75, 3.05) is 19.8 Å². The number of rotatable bonds is 16. The molecule has 8 bridgehead atoms. The Hall–Kier alpha value is -6.72. The molecular formula is C50H53N7O4. The summed E-state index contributed by atoms with van der Waals surface area (Å²) >= 11 is 0. The topological polar surface area (TPSA) is 159 Å². The van der Waals surface area contributed by atoms with Crippen molar-refractivity contribution in [3.8, 4) is 11.4 Å². The maximum absolute atomic E-state index is 13.2. The summed E-state index contributed by atoms with van der Waals surface area (Å²) in [7, 11) is 0. The Balaban J connectivity index is 1.10. The van der Waals surface area contributed by atoms with E-state index >= 15 is 0 Å². The van der Waals surface area contributed by atoms with E-state index < -0.39 is 5.97 Å². The second-order valence-corrected chi connectivity index (χ2v) is 15.7. The van der Waals surface area contributed by atoms with E-state index in [2.05, 4.69) is 64.4 Å². The van der Waals surface area contributed by atoms with Crippen LogP contribution in [-0.2, 0) is 20.7 Å². The van der Waals surface area contributed by atoms with E-state index in [0.29, 0.717) is 44.0 Å². The summed E-state index contributed by atoms with van der Waals surface area (Å²) in [5.41, 5.74) is 18.2. The second kappa shape index (κ2) is 18.7. The summed E-state index contributed by atoms with van der Waals surface area (Å²) in [4.78, 5) is 51.4. The number of amides is 1. The van der Waals surface area contributed by atoms with Crippen LogP contribution in [0.2, 0.25) is 0 Å². The van der Waals surface area contributed by atoms with Crippen molar-refractivity contribution in [1.82, 2.24) is 35.2 Å². The third-order valence-electron chi connectivity index (χ3n) is 11.6. The lowest BCUT2D eigenvalue weighted by atomic mass is 9.98. The number of H-pyrrole nitrogens is 2. The molecule has 5 aromatic heterocycles. The number of carbonyl (C=O) groups excluding carboxylic acids is 1. The Morgan fingerprint density at radius 1 is 0.672 bits per heavy atom. The second-order valence-electron chi connectivity index (χ2n) is 15.7. The highest BCUT2D eigenvalue weighted by Gasteiger charge is 2.23. The van der Waals surface area contributed by atoms with Gasteiger partial charge in [0.2, 0.25) is 5.91 Å². The minimum atomic E-state index is -0.879. The molecule has 2 aliphatic heterocycles. The number of carboxylic acids is 1. The number of pyridine rings is 2. The van der Waals surface area contributed by atoms with Crippen LogP contribution in [-0.4, -0.2) is 66.6 Å². The Labute approximate surface area is 356 Å². The number of carboxylic acid groups (broad SMARTS) is 1. The molecule has 5 aromatic rings. The van der Waals surface area contributed by atoms with Gasteiger partial charge < -0.3 is 25.1 Å². The van der Waals surface area contributed by atoms with Gasteiger partial charge in [-0.3, -0.25) is 19.6 Å². The Morgan fingerprint density at radius 3 is 1.87 bits per heavy atom. The Bertz CT molecular complexity index is 2790. The molecule has 0 aromatic carbocycles. The molecule has 0 unspecified atom stereocenters. The molecule has 11 heteroatoms. The quantitative estimate of drug-likeness (QED) is 0.0717. The van der Waals surface area contributed by atoms with Crippen molar-refractivity contribution in [3.63, 3.8) is 0 Å². The molecule has 0 radical (unpaired) electrons. The van der Waals surface area contributed by atoms with E-state index in [1.165, 1.54) is 5.56 Å². The monoisotopic (exact) mass is 815 g/mol. The average Bonchev–Trinajstić information content (AvgIpc) is 3.91. The lowest BCUT2D eigenvalue weighted by molar-refractivity contribution is -0.136. The fourth-order valence-electron chi connectivity index (χ4n) is 8.05. The molecule has 7 heterocycles. The minimum Gasteiger partial charge on any atom is -0.481 e. The van der Waals surface area contributed by atoms with Crippen LogP contribution in [0.4, 0.5) is 0 Å². The van der Waals surface area contributed by atoms with Gasteiger partial charge in [-0.25, -0.2) is 9.97 Å². The van der Waals surface area contributed by atoms with Crippen LogP contribution in [0.5, 0.6) is 0 Å². The normalized spacial score (nSPS) is 12.5. The van der Waals surface area contributed by atoms with E-state index in [9.17, 15) is 14.7 Å². The molecule has 7 rings (SSSR count). The fraction of sp³-hybridized carbons (Fsp3) is 0.280. The number of hydrogen-bond donors (Lipinski definition) is 4. The molecule has 4 N–H and O–H groups in total. The van der Waals surface area contributed by atoms with Gasteiger partial charge in [-0.05, 0) is 153 Å². The van der Waals surface area contributed by atoms with Gasteiger partial charge in [0.25, 0.3) is 0 Å². The summed E-state index contributed by atoms with van der Waals surface area (Å²) in [6, 6.07) is 16.2. The van der Waals surface area contributed by atoms with Crippen LogP contribution in [0.25, 0.3) is 67.9 Å². The first-order chi connectivity index (χ1) is 29.4. The predicted molar refractivity (Wildman–Crippen MR) is 246 cm³/mol. The van der Waals surface area contributed by atoms with E-state index in [1.807, 2.05) is 75.5 Å². The molecule has 1 amide bonds. The van der Waals surface area contributed by atoms with E-state index in [0.717, 1.165) is 108 Å². The van der Waals surface area contributed by atoms with Crippen LogP contribution >= 0.6 is 0 Å². The molecule has 0 atom stereocenters. The molecule has 0 saturated heterocycles. The van der Waals surface area contributed by atoms with Gasteiger partial charge in [-0.2, -0.15) is 0 Å². The van der Waals surface area contributed by atoms with Crippen molar-refractivity contribution in [3.05, 3.63) is 130 Å². The number of aromatic nitrogens is 6. The Morgan fingerprint density at radius 2 is 1.25 bits per heavy atom. The lowest BCUT2D eigenvalue weighted by Crippen LogP contribution is -2.27. The van der Waals surface area contributed by atoms with Gasteiger partial charge in [0.15, 0.2) is 0 Å². The smallest absolute Gasteiger partial charge is 0.303 e. The van der Waals surface area contributed by atoms with Crippen molar-refractivity contribution in [1.29, 1.82) is 0 Å². The van der Waals surface area contributed by atoms with E-state index in [4.69, 9.17) is 14.7 Å². The standard InChI is InChI=1S/C50H53N7O4/c1-8-35-30(4)39-25-40-32(6)37(12-14-49(58)53-20-22-61-21-10-11-34-17-19-52-48(24-34)47-23-29(3)16-18-51-47)45(56-40)28-46-38(13-15-50(59)60)33(7)42(57-46)27-44-36(9-2)31(5)41(55-44)26-43(35)54-39/h8-9,16-19,23-28,54-55H,1-2,10-15,20-22H2,3-7H3,(H,53,58)(H,59,60). The summed E-state index contributed by atoms with van der Waals surface area (Å²) in [6.07, 6.45) is 10.0. The van der Waals surface area contributed by atoms with Crippen LogP contribution in [0, 0.1) is 20.8 Å². The van der Waals surface area contributed by atoms with Gasteiger partial charge in [-0.1, -0.05) is 25.3 Å². The number of nitrogens with zero attached hydrogens (tertiary/aromatic N) is 4. The lowest BCUT2D eigenvalue weighted by Gasteiger charge is -2.09. The summed E-state index contributed by atoms with van der Waals surface area (Å²) in [6.45, 7) is 19.8. The Kier molecular flexibility index (Phi) is 13.0. The predicted octanol–water partition coefficient (Wildman–Crippen LogP) is 10.3.